The third-order valence-corrected chi connectivity index (χ3v) is 5.15. The Morgan fingerprint density at radius 3 is 1.74 bits per heavy atom. The van der Waals surface area contributed by atoms with Gasteiger partial charge in [0.1, 0.15) is 0 Å². The third kappa shape index (κ3) is 1.40. The number of hydrogen-bond acceptors (Lipinski definition) is 0. The van der Waals surface area contributed by atoms with Crippen LogP contribution in [-0.2, 0) is 5.41 Å². The van der Waals surface area contributed by atoms with Crippen LogP contribution in [0.15, 0.2) is 36.4 Å². The summed E-state index contributed by atoms with van der Waals surface area (Å²) in [5.74, 6) is 0.845. The molecule has 0 heteroatoms. The molecule has 4 rings (SSSR count). The zero-order valence-electron chi connectivity index (χ0n) is 12.0. The van der Waals surface area contributed by atoms with E-state index in [0.717, 1.165) is 5.92 Å². The van der Waals surface area contributed by atoms with E-state index in [1.165, 1.54) is 35.1 Å². The first kappa shape index (κ1) is 11.3. The van der Waals surface area contributed by atoms with Crippen LogP contribution in [-0.4, -0.2) is 0 Å². The number of hydrogen-bond donors (Lipinski definition) is 0. The highest BCUT2D eigenvalue weighted by Crippen LogP contribution is 2.59. The molecule has 2 aromatic rings. The molecule has 1 fully saturated rings. The molecule has 0 bridgehead atoms. The van der Waals surface area contributed by atoms with E-state index in [1.54, 1.807) is 11.1 Å². The lowest BCUT2D eigenvalue weighted by Crippen LogP contribution is -2.23. The molecule has 2 aromatic carbocycles. The zero-order chi connectivity index (χ0) is 13.2. The zero-order valence-corrected chi connectivity index (χ0v) is 12.0. The Labute approximate surface area is 115 Å². The largest absolute Gasteiger partial charge is 0.0590 e. The summed E-state index contributed by atoms with van der Waals surface area (Å²) >= 11 is 0. The Morgan fingerprint density at radius 1 is 0.842 bits per heavy atom. The first-order valence-electron chi connectivity index (χ1n) is 7.33. The molecule has 0 aromatic heterocycles. The third-order valence-electron chi connectivity index (χ3n) is 5.15. The highest BCUT2D eigenvalue weighted by molar-refractivity contribution is 5.82. The van der Waals surface area contributed by atoms with Gasteiger partial charge in [0, 0.05) is 5.41 Å². The number of aryl methyl sites for hydroxylation is 2. The van der Waals surface area contributed by atoms with Crippen LogP contribution in [0.2, 0.25) is 0 Å². The van der Waals surface area contributed by atoms with E-state index in [0.29, 0.717) is 0 Å². The van der Waals surface area contributed by atoms with Crippen molar-refractivity contribution in [3.8, 4) is 11.1 Å². The minimum atomic E-state index is 0.256. The topological polar surface area (TPSA) is 0 Å². The Balaban J connectivity index is 2.07. The van der Waals surface area contributed by atoms with E-state index in [-0.39, 0.29) is 5.41 Å². The molecule has 0 nitrogen and oxygen atoms in total. The summed E-state index contributed by atoms with van der Waals surface area (Å²) in [6.45, 7) is 6.85. The van der Waals surface area contributed by atoms with Crippen molar-refractivity contribution in [1.82, 2.24) is 0 Å². The fourth-order valence-electron chi connectivity index (χ4n) is 3.91. The Bertz CT molecular complexity index is 623. The van der Waals surface area contributed by atoms with Crippen molar-refractivity contribution in [3.63, 3.8) is 0 Å². The molecule has 96 valence electrons. The van der Waals surface area contributed by atoms with E-state index in [4.69, 9.17) is 0 Å². The monoisotopic (exact) mass is 248 g/mol. The smallest absolute Gasteiger partial charge is 0.0215 e. The Morgan fingerprint density at radius 2 is 1.32 bits per heavy atom. The van der Waals surface area contributed by atoms with Crippen LogP contribution in [0.5, 0.6) is 0 Å². The lowest BCUT2D eigenvalue weighted by atomic mass is 9.75. The van der Waals surface area contributed by atoms with Gasteiger partial charge in [-0.1, -0.05) is 54.4 Å². The average molecular weight is 248 g/mol. The van der Waals surface area contributed by atoms with Crippen molar-refractivity contribution >= 4 is 0 Å². The van der Waals surface area contributed by atoms with Crippen LogP contribution in [0.25, 0.3) is 11.1 Å². The highest BCUT2D eigenvalue weighted by Gasteiger charge is 2.49. The molecule has 0 saturated heterocycles. The summed E-state index contributed by atoms with van der Waals surface area (Å²) in [5, 5.41) is 0. The number of fused-ring (bicyclic) bond motifs is 3. The molecule has 0 aliphatic heterocycles. The van der Waals surface area contributed by atoms with Crippen LogP contribution in [0, 0.1) is 19.8 Å². The summed E-state index contributed by atoms with van der Waals surface area (Å²) in [5.41, 5.74) is 9.06. The van der Waals surface area contributed by atoms with Crippen molar-refractivity contribution < 1.29 is 0 Å². The molecule has 0 heterocycles. The molecule has 19 heavy (non-hydrogen) atoms. The normalized spacial score (nSPS) is 19.1. The molecule has 2 aliphatic rings. The first-order valence-corrected chi connectivity index (χ1v) is 7.33. The second-order valence-corrected chi connectivity index (χ2v) is 6.57. The van der Waals surface area contributed by atoms with Gasteiger partial charge in [-0.2, -0.15) is 0 Å². The standard InChI is InChI=1S/C19H20/c1-12-4-8-17-15(10-12)16-11-13(2)5-9-18(16)19(17,3)14-6-7-14/h4-5,8-11,14H,6-7H2,1-3H3. The van der Waals surface area contributed by atoms with Gasteiger partial charge in [0.05, 0.1) is 0 Å². The fourth-order valence-corrected chi connectivity index (χ4v) is 3.91. The predicted octanol–water partition coefficient (Wildman–Crippen LogP) is 5.00. The fraction of sp³-hybridized carbons (Fsp3) is 0.368. The second kappa shape index (κ2) is 3.50. The molecule has 2 aliphatic carbocycles. The number of rotatable bonds is 1. The average Bonchev–Trinajstić information content (AvgIpc) is 3.19. The van der Waals surface area contributed by atoms with Crippen LogP contribution < -0.4 is 0 Å². The molecule has 0 amide bonds. The van der Waals surface area contributed by atoms with E-state index in [2.05, 4.69) is 57.2 Å². The van der Waals surface area contributed by atoms with Gasteiger partial charge in [-0.15, -0.1) is 0 Å². The van der Waals surface area contributed by atoms with Crippen molar-refractivity contribution in [3.05, 3.63) is 58.7 Å². The number of benzene rings is 2. The minimum absolute atomic E-state index is 0.256. The highest BCUT2D eigenvalue weighted by atomic mass is 14.5. The maximum atomic E-state index is 2.46. The van der Waals surface area contributed by atoms with Gasteiger partial charge >= 0.3 is 0 Å². The van der Waals surface area contributed by atoms with Crippen molar-refractivity contribution in [2.45, 2.75) is 39.0 Å². The lowest BCUT2D eigenvalue weighted by molar-refractivity contribution is 0.507. The van der Waals surface area contributed by atoms with Crippen molar-refractivity contribution in [2.75, 3.05) is 0 Å². The van der Waals surface area contributed by atoms with Crippen LogP contribution >= 0.6 is 0 Å². The van der Waals surface area contributed by atoms with Gasteiger partial charge in [-0.3, -0.25) is 0 Å². The summed E-state index contributed by atoms with van der Waals surface area (Å²) in [4.78, 5) is 0. The van der Waals surface area contributed by atoms with Gasteiger partial charge in [-0.25, -0.2) is 0 Å². The molecule has 0 atom stereocenters. The summed E-state index contributed by atoms with van der Waals surface area (Å²) in [6, 6.07) is 14.1. The van der Waals surface area contributed by atoms with Gasteiger partial charge < -0.3 is 0 Å². The molecule has 0 spiro atoms. The van der Waals surface area contributed by atoms with Gasteiger partial charge in [-0.05, 0) is 54.9 Å². The first-order chi connectivity index (χ1) is 9.10. The summed E-state index contributed by atoms with van der Waals surface area (Å²) in [6.07, 6.45) is 2.77. The second-order valence-electron chi connectivity index (χ2n) is 6.57. The van der Waals surface area contributed by atoms with Crippen LogP contribution in [0.1, 0.15) is 42.0 Å². The van der Waals surface area contributed by atoms with Crippen molar-refractivity contribution in [2.24, 2.45) is 5.92 Å². The van der Waals surface area contributed by atoms with Gasteiger partial charge in [0.15, 0.2) is 0 Å². The molecule has 0 radical (unpaired) electrons. The van der Waals surface area contributed by atoms with Crippen LogP contribution in [0.3, 0.4) is 0 Å². The van der Waals surface area contributed by atoms with Gasteiger partial charge in [0.25, 0.3) is 0 Å². The molecule has 0 unspecified atom stereocenters. The maximum Gasteiger partial charge on any atom is 0.0215 e. The summed E-state index contributed by atoms with van der Waals surface area (Å²) < 4.78 is 0. The minimum Gasteiger partial charge on any atom is -0.0590 e. The maximum absolute atomic E-state index is 2.46. The lowest BCUT2D eigenvalue weighted by Gasteiger charge is -2.27. The van der Waals surface area contributed by atoms with E-state index < -0.39 is 0 Å². The Kier molecular flexibility index (Phi) is 2.08. The Hall–Kier alpha value is -1.56. The molecular formula is C19H20. The quantitative estimate of drug-likeness (QED) is 0.666. The predicted molar refractivity (Wildman–Crippen MR) is 80.5 cm³/mol. The molecule has 0 N–H and O–H groups in total. The van der Waals surface area contributed by atoms with Crippen molar-refractivity contribution in [1.29, 1.82) is 0 Å². The summed E-state index contributed by atoms with van der Waals surface area (Å²) in [7, 11) is 0. The van der Waals surface area contributed by atoms with Crippen LogP contribution in [0.4, 0.5) is 0 Å². The van der Waals surface area contributed by atoms with E-state index >= 15 is 0 Å². The SMILES string of the molecule is Cc1ccc2c(c1)-c1cc(C)ccc1C2(C)C1CC1. The van der Waals surface area contributed by atoms with E-state index in [1.807, 2.05) is 0 Å². The van der Waals surface area contributed by atoms with E-state index in [9.17, 15) is 0 Å². The van der Waals surface area contributed by atoms with Gasteiger partial charge in [0.2, 0.25) is 0 Å². The molecular weight excluding hydrogens is 228 g/mol. The molecule has 1 saturated carbocycles.